The zero-order chi connectivity index (χ0) is 20.5. The van der Waals surface area contributed by atoms with Crippen LogP contribution in [-0.2, 0) is 26.9 Å². The normalized spacial score (nSPS) is 12.9. The molecule has 1 aromatic rings. The zero-order valence-electron chi connectivity index (χ0n) is 15.1. The van der Waals surface area contributed by atoms with Crippen LogP contribution in [0.25, 0.3) is 0 Å². The van der Waals surface area contributed by atoms with Crippen LogP contribution in [0.3, 0.4) is 0 Å². The average molecular weight is 413 g/mol. The maximum atomic E-state index is 13.5. The summed E-state index contributed by atoms with van der Waals surface area (Å²) in [5, 5.41) is 5.80. The lowest BCUT2D eigenvalue weighted by molar-refractivity contribution is -0.173. The van der Waals surface area contributed by atoms with Crippen molar-refractivity contribution in [3.8, 4) is 0 Å². The summed E-state index contributed by atoms with van der Waals surface area (Å²) in [5.74, 6) is -0.360. The van der Waals surface area contributed by atoms with Crippen molar-refractivity contribution in [2.75, 3.05) is 33.1 Å². The molecule has 0 atom stereocenters. The van der Waals surface area contributed by atoms with E-state index in [-0.39, 0.29) is 18.9 Å². The number of aliphatic imine (C=N–C) groups is 1. The van der Waals surface area contributed by atoms with Crippen molar-refractivity contribution in [2.24, 2.45) is 4.99 Å². The molecule has 154 valence electrons. The van der Waals surface area contributed by atoms with Gasteiger partial charge in [-0.3, -0.25) is 4.99 Å². The summed E-state index contributed by atoms with van der Waals surface area (Å²) in [5.41, 5.74) is 0.944. The lowest BCUT2D eigenvalue weighted by atomic mass is 10.1. The predicted octanol–water partition coefficient (Wildman–Crippen LogP) is 2.00. The van der Waals surface area contributed by atoms with Gasteiger partial charge in [0, 0.05) is 33.0 Å². The Morgan fingerprint density at radius 2 is 1.93 bits per heavy atom. The van der Waals surface area contributed by atoms with Crippen LogP contribution in [0.4, 0.5) is 17.6 Å². The number of ether oxygens (including phenoxy) is 1. The smallest absolute Gasteiger partial charge is 0.372 e. The van der Waals surface area contributed by atoms with E-state index in [0.717, 1.165) is 6.26 Å². The fourth-order valence-electron chi connectivity index (χ4n) is 2.15. The van der Waals surface area contributed by atoms with Gasteiger partial charge in [0.1, 0.15) is 12.4 Å². The van der Waals surface area contributed by atoms with Gasteiger partial charge in [-0.2, -0.15) is 13.2 Å². The van der Waals surface area contributed by atoms with Gasteiger partial charge in [0.05, 0.1) is 5.75 Å². The van der Waals surface area contributed by atoms with Crippen molar-refractivity contribution in [2.45, 2.75) is 24.9 Å². The van der Waals surface area contributed by atoms with E-state index >= 15 is 0 Å². The Morgan fingerprint density at radius 1 is 1.22 bits per heavy atom. The number of benzene rings is 1. The van der Waals surface area contributed by atoms with Gasteiger partial charge >= 0.3 is 6.18 Å². The average Bonchev–Trinajstić information content (AvgIpc) is 2.53. The highest BCUT2D eigenvalue weighted by Crippen LogP contribution is 2.15. The Balaban J connectivity index is 2.50. The first kappa shape index (κ1) is 23.2. The molecule has 0 aliphatic carbocycles. The van der Waals surface area contributed by atoms with E-state index in [9.17, 15) is 26.0 Å². The number of sulfone groups is 1. The second kappa shape index (κ2) is 10.5. The van der Waals surface area contributed by atoms with Crippen LogP contribution in [0.2, 0.25) is 0 Å². The standard InChI is InChI=1S/C16H23F4N3O3S/c1-21-15(22-6-3-7-26-11-16(18,19)20)23-9-13-8-14(17)5-4-12(13)10-27(2,24)25/h4-5,8H,3,6-7,9-11H2,1-2H3,(H2,21,22,23). The number of guanidine groups is 1. The van der Waals surface area contributed by atoms with Crippen LogP contribution < -0.4 is 10.6 Å². The first-order valence-electron chi connectivity index (χ1n) is 8.04. The van der Waals surface area contributed by atoms with E-state index in [2.05, 4.69) is 20.4 Å². The minimum absolute atomic E-state index is 0.0636. The minimum atomic E-state index is -4.35. The Kier molecular flexibility index (Phi) is 8.97. The number of hydrogen-bond donors (Lipinski definition) is 2. The number of alkyl halides is 3. The Labute approximate surface area is 155 Å². The fourth-order valence-corrected chi connectivity index (χ4v) is 3.00. The van der Waals surface area contributed by atoms with E-state index in [1.54, 1.807) is 0 Å². The van der Waals surface area contributed by atoms with Gasteiger partial charge in [-0.25, -0.2) is 12.8 Å². The monoisotopic (exact) mass is 413 g/mol. The van der Waals surface area contributed by atoms with Crippen LogP contribution in [0.1, 0.15) is 17.5 Å². The molecule has 0 heterocycles. The number of rotatable bonds is 9. The van der Waals surface area contributed by atoms with Crippen molar-refractivity contribution in [3.63, 3.8) is 0 Å². The molecule has 11 heteroatoms. The third kappa shape index (κ3) is 10.8. The summed E-state index contributed by atoms with van der Waals surface area (Å²) in [4.78, 5) is 3.95. The van der Waals surface area contributed by atoms with Gasteiger partial charge in [-0.15, -0.1) is 0 Å². The predicted molar refractivity (Wildman–Crippen MR) is 94.6 cm³/mol. The summed E-state index contributed by atoms with van der Waals surface area (Å²) in [7, 11) is -1.78. The lowest BCUT2D eigenvalue weighted by Gasteiger charge is -2.14. The maximum Gasteiger partial charge on any atom is 0.411 e. The highest BCUT2D eigenvalue weighted by atomic mass is 32.2. The molecular formula is C16H23F4N3O3S. The van der Waals surface area contributed by atoms with E-state index in [1.807, 2.05) is 0 Å². The van der Waals surface area contributed by atoms with Gasteiger partial charge in [-0.05, 0) is 29.7 Å². The van der Waals surface area contributed by atoms with Crippen LogP contribution in [-0.4, -0.2) is 53.6 Å². The van der Waals surface area contributed by atoms with E-state index in [0.29, 0.717) is 30.1 Å². The molecular weight excluding hydrogens is 390 g/mol. The lowest BCUT2D eigenvalue weighted by Crippen LogP contribution is -2.37. The molecule has 0 aliphatic rings. The quantitative estimate of drug-likeness (QED) is 0.280. The van der Waals surface area contributed by atoms with Gasteiger partial charge in [0.25, 0.3) is 0 Å². The van der Waals surface area contributed by atoms with Crippen molar-refractivity contribution in [3.05, 3.63) is 35.1 Å². The number of nitrogens with one attached hydrogen (secondary N) is 2. The molecule has 0 unspecified atom stereocenters. The topological polar surface area (TPSA) is 79.8 Å². The molecule has 0 spiro atoms. The Morgan fingerprint density at radius 3 is 2.52 bits per heavy atom. The van der Waals surface area contributed by atoms with E-state index in [4.69, 9.17) is 0 Å². The van der Waals surface area contributed by atoms with Crippen molar-refractivity contribution >= 4 is 15.8 Å². The summed E-state index contributed by atoms with van der Waals surface area (Å²) in [6.07, 6.45) is -2.93. The SMILES string of the molecule is CN=C(NCCCOCC(F)(F)F)NCc1cc(F)ccc1CS(C)(=O)=O. The Hall–Kier alpha value is -1.88. The zero-order valence-corrected chi connectivity index (χ0v) is 15.9. The summed E-state index contributed by atoms with van der Waals surface area (Å²) in [6.45, 7) is -0.904. The van der Waals surface area contributed by atoms with Crippen LogP contribution in [0.15, 0.2) is 23.2 Å². The Bertz CT molecular complexity index is 737. The maximum absolute atomic E-state index is 13.5. The molecule has 0 saturated heterocycles. The highest BCUT2D eigenvalue weighted by molar-refractivity contribution is 7.89. The number of halogens is 4. The summed E-state index contributed by atoms with van der Waals surface area (Å²) < 4.78 is 76.8. The largest absolute Gasteiger partial charge is 0.411 e. The van der Waals surface area contributed by atoms with Gasteiger partial charge in [-0.1, -0.05) is 6.07 Å². The first-order valence-corrected chi connectivity index (χ1v) is 10.1. The van der Waals surface area contributed by atoms with Crippen LogP contribution in [0, 0.1) is 5.82 Å². The third-order valence-electron chi connectivity index (χ3n) is 3.28. The molecule has 0 saturated carbocycles. The number of nitrogens with zero attached hydrogens (tertiary/aromatic N) is 1. The molecule has 27 heavy (non-hydrogen) atoms. The van der Waals surface area contributed by atoms with Crippen LogP contribution in [0.5, 0.6) is 0 Å². The first-order chi connectivity index (χ1) is 12.5. The molecule has 0 aromatic heterocycles. The van der Waals surface area contributed by atoms with Gasteiger partial charge in [0.15, 0.2) is 15.8 Å². The summed E-state index contributed by atoms with van der Waals surface area (Å²) in [6, 6.07) is 3.85. The van der Waals surface area contributed by atoms with E-state index in [1.165, 1.54) is 25.2 Å². The molecule has 0 fully saturated rings. The third-order valence-corrected chi connectivity index (χ3v) is 4.11. The summed E-state index contributed by atoms with van der Waals surface area (Å²) >= 11 is 0. The molecule has 6 nitrogen and oxygen atoms in total. The van der Waals surface area contributed by atoms with Crippen LogP contribution >= 0.6 is 0 Å². The van der Waals surface area contributed by atoms with Crippen molar-refractivity contribution in [1.82, 2.24) is 10.6 Å². The number of hydrogen-bond acceptors (Lipinski definition) is 4. The van der Waals surface area contributed by atoms with Gasteiger partial charge < -0.3 is 15.4 Å². The molecule has 1 rings (SSSR count). The minimum Gasteiger partial charge on any atom is -0.372 e. The highest BCUT2D eigenvalue weighted by Gasteiger charge is 2.27. The second-order valence-electron chi connectivity index (χ2n) is 5.86. The second-order valence-corrected chi connectivity index (χ2v) is 8.00. The fraction of sp³-hybridized carbons (Fsp3) is 0.562. The van der Waals surface area contributed by atoms with Gasteiger partial charge in [0.2, 0.25) is 0 Å². The van der Waals surface area contributed by atoms with E-state index < -0.39 is 28.4 Å². The van der Waals surface area contributed by atoms with Crippen molar-refractivity contribution in [1.29, 1.82) is 0 Å². The molecule has 0 radical (unpaired) electrons. The molecule has 0 amide bonds. The van der Waals surface area contributed by atoms with Crippen molar-refractivity contribution < 1.29 is 30.7 Å². The molecule has 0 bridgehead atoms. The molecule has 0 aliphatic heterocycles. The molecule has 2 N–H and O–H groups in total. The molecule has 1 aromatic carbocycles.